The van der Waals surface area contributed by atoms with Gasteiger partial charge in [0.25, 0.3) is 0 Å². The molecule has 5 nitrogen and oxygen atoms in total. The first-order valence-corrected chi connectivity index (χ1v) is 9.87. The summed E-state index contributed by atoms with van der Waals surface area (Å²) in [5, 5.41) is 2.86. The molecule has 1 N–H and O–H groups in total. The lowest BCUT2D eigenvalue weighted by atomic mass is 10.0. The van der Waals surface area contributed by atoms with Gasteiger partial charge < -0.3 is 5.32 Å². The molecule has 25 heavy (non-hydrogen) atoms. The number of piperidine rings is 1. The molecule has 1 atom stereocenters. The molecule has 1 saturated heterocycles. The van der Waals surface area contributed by atoms with Crippen molar-refractivity contribution in [1.29, 1.82) is 0 Å². The van der Waals surface area contributed by atoms with Gasteiger partial charge in [0.15, 0.2) is 0 Å². The summed E-state index contributed by atoms with van der Waals surface area (Å²) in [6.45, 7) is 2.31. The van der Waals surface area contributed by atoms with E-state index in [9.17, 15) is 13.2 Å². The first kappa shape index (κ1) is 17.6. The first-order valence-electron chi connectivity index (χ1n) is 8.43. The van der Waals surface area contributed by atoms with E-state index in [1.807, 2.05) is 31.2 Å². The Morgan fingerprint density at radius 2 is 1.84 bits per heavy atom. The summed E-state index contributed by atoms with van der Waals surface area (Å²) in [4.78, 5) is 13.0. The Balaban J connectivity index is 1.84. The molecule has 0 unspecified atom stereocenters. The zero-order valence-corrected chi connectivity index (χ0v) is 15.0. The van der Waals surface area contributed by atoms with Crippen LogP contribution in [0.25, 0.3) is 0 Å². The molecule has 1 fully saturated rings. The zero-order valence-electron chi connectivity index (χ0n) is 14.2. The monoisotopic (exact) mass is 358 g/mol. The Bertz CT molecular complexity index is 850. The molecule has 1 aliphatic heterocycles. The number of hydrogen-bond acceptors (Lipinski definition) is 3. The van der Waals surface area contributed by atoms with E-state index in [0.29, 0.717) is 18.7 Å². The van der Waals surface area contributed by atoms with Gasteiger partial charge in [0.2, 0.25) is 15.9 Å². The largest absolute Gasteiger partial charge is 0.325 e. The lowest BCUT2D eigenvalue weighted by Gasteiger charge is -2.33. The van der Waals surface area contributed by atoms with Gasteiger partial charge in [0.05, 0.1) is 4.90 Å². The van der Waals surface area contributed by atoms with Crippen LogP contribution in [0.3, 0.4) is 0 Å². The molecule has 0 aromatic heterocycles. The van der Waals surface area contributed by atoms with Crippen molar-refractivity contribution in [3.63, 3.8) is 0 Å². The minimum Gasteiger partial charge on any atom is -0.325 e. The van der Waals surface area contributed by atoms with E-state index in [2.05, 4.69) is 5.32 Å². The second-order valence-corrected chi connectivity index (χ2v) is 8.19. The molecule has 0 aliphatic carbocycles. The van der Waals surface area contributed by atoms with Crippen LogP contribution in [0.4, 0.5) is 5.69 Å². The maximum atomic E-state index is 13.0. The first-order chi connectivity index (χ1) is 12.0. The molecule has 3 rings (SSSR count). The summed E-state index contributed by atoms with van der Waals surface area (Å²) in [6.07, 6.45) is 2.14. The van der Waals surface area contributed by atoms with E-state index in [1.165, 1.54) is 4.31 Å². The van der Waals surface area contributed by atoms with Crippen molar-refractivity contribution in [3.8, 4) is 0 Å². The van der Waals surface area contributed by atoms with Crippen LogP contribution in [0, 0.1) is 6.92 Å². The Labute approximate surface area is 148 Å². The molecular weight excluding hydrogens is 336 g/mol. The van der Waals surface area contributed by atoms with Crippen LogP contribution >= 0.6 is 0 Å². The molecule has 0 bridgehead atoms. The maximum absolute atomic E-state index is 13.0. The molecule has 1 heterocycles. The third-order valence-electron chi connectivity index (χ3n) is 4.39. The number of benzene rings is 2. The number of aryl methyl sites for hydroxylation is 1. The van der Waals surface area contributed by atoms with Crippen LogP contribution in [0.15, 0.2) is 59.5 Å². The maximum Gasteiger partial charge on any atom is 0.243 e. The normalized spacial score (nSPS) is 18.7. The molecule has 132 valence electrons. The third kappa shape index (κ3) is 3.91. The van der Waals surface area contributed by atoms with E-state index in [4.69, 9.17) is 0 Å². The molecule has 2 aromatic carbocycles. The third-order valence-corrected chi connectivity index (χ3v) is 6.31. The van der Waals surface area contributed by atoms with Crippen LogP contribution < -0.4 is 5.32 Å². The van der Waals surface area contributed by atoms with E-state index in [1.54, 1.807) is 30.3 Å². The van der Waals surface area contributed by atoms with E-state index in [0.717, 1.165) is 18.4 Å². The SMILES string of the molecule is Cc1cccc(NC(=O)[C@H]2CCCCN2S(=O)(=O)c2ccccc2)c1. The molecule has 1 aliphatic rings. The molecule has 6 heteroatoms. The average Bonchev–Trinajstić information content (AvgIpc) is 2.62. The zero-order chi connectivity index (χ0) is 17.9. The van der Waals surface area contributed by atoms with Gasteiger partial charge in [-0.15, -0.1) is 0 Å². The number of rotatable bonds is 4. The minimum absolute atomic E-state index is 0.227. The minimum atomic E-state index is -3.68. The number of amides is 1. The fourth-order valence-corrected chi connectivity index (χ4v) is 4.81. The van der Waals surface area contributed by atoms with Gasteiger partial charge >= 0.3 is 0 Å². The van der Waals surface area contributed by atoms with Gasteiger partial charge in [-0.2, -0.15) is 4.31 Å². The fraction of sp³-hybridized carbons (Fsp3) is 0.316. The second kappa shape index (κ2) is 7.37. The summed E-state index contributed by atoms with van der Waals surface area (Å²) in [5.74, 6) is -0.273. The molecule has 0 spiro atoms. The molecule has 1 amide bonds. The molecular formula is C19H22N2O3S. The van der Waals surface area contributed by atoms with Crippen molar-refractivity contribution in [2.75, 3.05) is 11.9 Å². The van der Waals surface area contributed by atoms with Crippen LogP contribution in [-0.4, -0.2) is 31.2 Å². The van der Waals surface area contributed by atoms with Crippen LogP contribution in [0.5, 0.6) is 0 Å². The number of carbonyl (C=O) groups is 1. The fourth-order valence-electron chi connectivity index (χ4n) is 3.13. The predicted molar refractivity (Wildman–Crippen MR) is 97.8 cm³/mol. The summed E-state index contributed by atoms with van der Waals surface area (Å²) in [7, 11) is -3.68. The smallest absolute Gasteiger partial charge is 0.243 e. The highest BCUT2D eigenvalue weighted by atomic mass is 32.2. The van der Waals surface area contributed by atoms with Crippen LogP contribution in [-0.2, 0) is 14.8 Å². The Kier molecular flexibility index (Phi) is 5.20. The highest BCUT2D eigenvalue weighted by Crippen LogP contribution is 2.26. The topological polar surface area (TPSA) is 66.5 Å². The van der Waals surface area contributed by atoms with Gasteiger partial charge in [-0.05, 0) is 49.6 Å². The number of hydrogen-bond donors (Lipinski definition) is 1. The lowest BCUT2D eigenvalue weighted by molar-refractivity contribution is -0.120. The highest BCUT2D eigenvalue weighted by molar-refractivity contribution is 7.89. The van der Waals surface area contributed by atoms with Crippen LogP contribution in [0.1, 0.15) is 24.8 Å². The molecule has 0 saturated carbocycles. The summed E-state index contributed by atoms with van der Waals surface area (Å²) in [6, 6.07) is 15.1. The van der Waals surface area contributed by atoms with E-state index in [-0.39, 0.29) is 10.8 Å². The van der Waals surface area contributed by atoms with Crippen LogP contribution in [0.2, 0.25) is 0 Å². The van der Waals surface area contributed by atoms with Crippen molar-refractivity contribution >= 4 is 21.6 Å². The Morgan fingerprint density at radius 3 is 2.56 bits per heavy atom. The second-order valence-electron chi connectivity index (χ2n) is 6.30. The summed E-state index contributed by atoms with van der Waals surface area (Å²) < 4.78 is 27.3. The van der Waals surface area contributed by atoms with Gasteiger partial charge in [-0.1, -0.05) is 36.8 Å². The Morgan fingerprint density at radius 1 is 1.08 bits per heavy atom. The summed E-state index contributed by atoms with van der Waals surface area (Å²) >= 11 is 0. The number of anilines is 1. The van der Waals surface area contributed by atoms with Gasteiger partial charge in [0, 0.05) is 12.2 Å². The van der Waals surface area contributed by atoms with Crippen molar-refractivity contribution in [1.82, 2.24) is 4.31 Å². The number of nitrogens with one attached hydrogen (secondary N) is 1. The molecule has 0 radical (unpaired) electrons. The van der Waals surface area contributed by atoms with Crippen molar-refractivity contribution in [3.05, 3.63) is 60.2 Å². The van der Waals surface area contributed by atoms with Crippen molar-refractivity contribution in [2.24, 2.45) is 0 Å². The Hall–Kier alpha value is -2.18. The van der Waals surface area contributed by atoms with Gasteiger partial charge in [-0.3, -0.25) is 4.79 Å². The number of sulfonamides is 1. The van der Waals surface area contributed by atoms with Crippen molar-refractivity contribution in [2.45, 2.75) is 37.1 Å². The number of carbonyl (C=O) groups excluding carboxylic acids is 1. The lowest BCUT2D eigenvalue weighted by Crippen LogP contribution is -2.49. The van der Waals surface area contributed by atoms with E-state index >= 15 is 0 Å². The molecule has 2 aromatic rings. The average molecular weight is 358 g/mol. The summed E-state index contributed by atoms with van der Waals surface area (Å²) in [5.41, 5.74) is 1.72. The number of nitrogens with zero attached hydrogens (tertiary/aromatic N) is 1. The van der Waals surface area contributed by atoms with Crippen molar-refractivity contribution < 1.29 is 13.2 Å². The van der Waals surface area contributed by atoms with E-state index < -0.39 is 16.1 Å². The quantitative estimate of drug-likeness (QED) is 0.913. The predicted octanol–water partition coefficient (Wildman–Crippen LogP) is 3.18. The van der Waals surface area contributed by atoms with Gasteiger partial charge in [-0.25, -0.2) is 8.42 Å². The van der Waals surface area contributed by atoms with Gasteiger partial charge in [0.1, 0.15) is 6.04 Å². The highest BCUT2D eigenvalue weighted by Gasteiger charge is 2.37. The standard InChI is InChI=1S/C19H22N2O3S/c1-15-8-7-9-16(14-15)20-19(22)18-12-5-6-13-21(18)25(23,24)17-10-3-2-4-11-17/h2-4,7-11,14,18H,5-6,12-13H2,1H3,(H,20,22)/t18-/m1/s1.